The maximum absolute atomic E-state index is 14.3. The normalized spacial score (nSPS) is 27.3. The van der Waals surface area contributed by atoms with E-state index in [-0.39, 0.29) is 47.5 Å². The van der Waals surface area contributed by atoms with Crippen LogP contribution in [0.4, 0.5) is 11.4 Å². The maximum atomic E-state index is 14.3. The molecule has 0 radical (unpaired) electrons. The van der Waals surface area contributed by atoms with E-state index < -0.39 is 10.0 Å². The standard InChI is InChI=1S/C46H62N12O4S/c1-3-55-29-56(41-36-13-16-48-43(36)50-24-38(41)45(55)59)34-9-5-31(6-10-34)26-52(2)63(61,62)28-33-23-40(33)58-30-57(42-37-14-17-49-44(37)51-25-39(42)46(58)60)35-11-7-32(8-12-35)27-54-21-19-53(20-22-54)18-4-15-47/h13-14,16-17,24-25,31-35,40H,3-12,18-23,26-30H2,1-2H3,(H,48,50)(H,49,51)/t31-,32-,33?,34-,35-,40?. The molecule has 4 aromatic heterocycles. The lowest BCUT2D eigenvalue weighted by Gasteiger charge is -2.45. The van der Waals surface area contributed by atoms with Gasteiger partial charge in [-0.1, -0.05) is 0 Å². The highest BCUT2D eigenvalue weighted by molar-refractivity contribution is 7.89. The fraction of sp³-hybridized carbons (Fsp3) is 0.630. The molecule has 63 heavy (non-hydrogen) atoms. The highest BCUT2D eigenvalue weighted by Gasteiger charge is 2.50. The summed E-state index contributed by atoms with van der Waals surface area (Å²) in [6.07, 6.45) is 16.5. The highest BCUT2D eigenvalue weighted by Crippen LogP contribution is 2.45. The van der Waals surface area contributed by atoms with E-state index in [4.69, 9.17) is 5.26 Å². The second-order valence-electron chi connectivity index (χ2n) is 19.2. The van der Waals surface area contributed by atoms with Crippen molar-refractivity contribution in [1.29, 1.82) is 5.26 Å². The zero-order valence-corrected chi connectivity index (χ0v) is 37.6. The van der Waals surface area contributed by atoms with Gasteiger partial charge in [-0.25, -0.2) is 22.7 Å². The van der Waals surface area contributed by atoms with Crippen molar-refractivity contribution in [3.63, 3.8) is 0 Å². The lowest BCUT2D eigenvalue weighted by Crippen LogP contribution is -2.53. The van der Waals surface area contributed by atoms with Crippen LogP contribution in [0.3, 0.4) is 0 Å². The molecule has 10 rings (SSSR count). The summed E-state index contributed by atoms with van der Waals surface area (Å²) < 4.78 is 29.6. The Kier molecular flexibility index (Phi) is 11.6. The first kappa shape index (κ1) is 42.2. The summed E-state index contributed by atoms with van der Waals surface area (Å²) in [5.74, 6) is 0.793. The zero-order valence-electron chi connectivity index (χ0n) is 36.8. The molecule has 3 saturated carbocycles. The van der Waals surface area contributed by atoms with Gasteiger partial charge in [0, 0.05) is 120 Å². The number of sulfonamides is 1. The van der Waals surface area contributed by atoms with Gasteiger partial charge in [-0.2, -0.15) is 5.26 Å². The summed E-state index contributed by atoms with van der Waals surface area (Å²) in [5.41, 5.74) is 4.75. The highest BCUT2D eigenvalue weighted by atomic mass is 32.2. The zero-order chi connectivity index (χ0) is 43.4. The molecule has 2 atom stereocenters. The van der Waals surface area contributed by atoms with Gasteiger partial charge >= 0.3 is 0 Å². The average Bonchev–Trinajstić information content (AvgIpc) is 3.61. The molecule has 3 aliphatic heterocycles. The van der Waals surface area contributed by atoms with E-state index in [1.165, 1.54) is 0 Å². The number of aromatic nitrogens is 4. The second kappa shape index (κ2) is 17.3. The third-order valence-electron chi connectivity index (χ3n) is 15.4. The van der Waals surface area contributed by atoms with Crippen molar-refractivity contribution < 1.29 is 18.0 Å². The van der Waals surface area contributed by atoms with Gasteiger partial charge in [0.25, 0.3) is 11.8 Å². The van der Waals surface area contributed by atoms with Crippen molar-refractivity contribution in [2.45, 2.75) is 89.3 Å². The van der Waals surface area contributed by atoms with Gasteiger partial charge in [0.05, 0.1) is 47.7 Å². The molecule has 17 heteroatoms. The van der Waals surface area contributed by atoms with E-state index >= 15 is 0 Å². The molecular weight excluding hydrogens is 817 g/mol. The molecule has 1 saturated heterocycles. The van der Waals surface area contributed by atoms with Crippen LogP contribution in [0.15, 0.2) is 36.9 Å². The van der Waals surface area contributed by atoms with E-state index in [2.05, 4.69) is 45.6 Å². The minimum absolute atomic E-state index is 0.0175. The van der Waals surface area contributed by atoms with Crippen LogP contribution in [0.25, 0.3) is 22.1 Å². The number of pyridine rings is 2. The molecule has 3 aliphatic carbocycles. The first-order valence-electron chi connectivity index (χ1n) is 23.4. The molecule has 2 N–H and O–H groups in total. The maximum Gasteiger partial charge on any atom is 0.259 e. The van der Waals surface area contributed by atoms with Crippen molar-refractivity contribution in [2.75, 3.05) is 88.3 Å². The first-order valence-corrected chi connectivity index (χ1v) is 25.0. The third-order valence-corrected chi connectivity index (χ3v) is 17.4. The van der Waals surface area contributed by atoms with Crippen molar-refractivity contribution in [3.05, 3.63) is 48.0 Å². The summed E-state index contributed by atoms with van der Waals surface area (Å²) in [6.45, 7) is 10.3. The fourth-order valence-electron chi connectivity index (χ4n) is 11.7. The predicted octanol–water partition coefficient (Wildman–Crippen LogP) is 4.90. The number of carbonyl (C=O) groups is 2. The number of nitriles is 1. The number of amides is 2. The van der Waals surface area contributed by atoms with Crippen LogP contribution in [0, 0.1) is 29.1 Å². The summed E-state index contributed by atoms with van der Waals surface area (Å²) in [5, 5.41) is 10.9. The lowest BCUT2D eigenvalue weighted by atomic mass is 9.84. The summed E-state index contributed by atoms with van der Waals surface area (Å²) >= 11 is 0. The number of fused-ring (bicyclic) bond motifs is 6. The van der Waals surface area contributed by atoms with Gasteiger partial charge in [0.1, 0.15) is 11.3 Å². The number of nitrogens with zero attached hydrogens (tertiary/aromatic N) is 10. The Hall–Kier alpha value is -4.76. The minimum Gasteiger partial charge on any atom is -0.349 e. The molecule has 6 aliphatic rings. The monoisotopic (exact) mass is 878 g/mol. The Morgan fingerprint density at radius 2 is 1.35 bits per heavy atom. The quantitative estimate of drug-likeness (QED) is 0.187. The van der Waals surface area contributed by atoms with E-state index in [1.54, 1.807) is 23.7 Å². The van der Waals surface area contributed by atoms with Gasteiger partial charge in [0.2, 0.25) is 10.0 Å². The van der Waals surface area contributed by atoms with Crippen LogP contribution in [0.1, 0.15) is 91.8 Å². The number of rotatable bonds is 13. The lowest BCUT2D eigenvalue weighted by molar-refractivity contribution is 0.0705. The summed E-state index contributed by atoms with van der Waals surface area (Å²) in [6, 6.07) is 6.71. The van der Waals surface area contributed by atoms with Gasteiger partial charge in [-0.3, -0.25) is 14.5 Å². The number of carbonyl (C=O) groups excluding carboxylic acids is 2. The number of hydrogen-bond acceptors (Lipinski definition) is 11. The van der Waals surface area contributed by atoms with Crippen LogP contribution in [-0.4, -0.2) is 161 Å². The van der Waals surface area contributed by atoms with E-state index in [9.17, 15) is 18.0 Å². The molecule has 2 unspecified atom stereocenters. The molecule has 0 aromatic carbocycles. The van der Waals surface area contributed by atoms with Gasteiger partial charge in [0.15, 0.2) is 0 Å². The van der Waals surface area contributed by atoms with Crippen LogP contribution < -0.4 is 9.80 Å². The SMILES string of the molecule is CCN1CN([C@H]2CC[C@H](CN(C)S(=O)(=O)CC3CC3N3CN([C@H]4CC[C@H](CN5CCN(CCC#N)CC5)CC4)c4c(cnc5[nH]ccc45)C3=O)CC2)c2c(cnc3[nH]ccc23)C1=O. The number of H-pyrrole nitrogens is 2. The number of hydrogen-bond donors (Lipinski definition) is 2. The Balaban J connectivity index is 0.756. The Labute approximate surface area is 370 Å². The minimum atomic E-state index is -3.56. The molecule has 4 fully saturated rings. The molecule has 336 valence electrons. The number of nitrogens with one attached hydrogen (secondary N) is 2. The average molecular weight is 879 g/mol. The first-order chi connectivity index (χ1) is 30.6. The number of anilines is 2. The van der Waals surface area contributed by atoms with E-state index in [0.717, 1.165) is 124 Å². The second-order valence-corrected chi connectivity index (χ2v) is 21.3. The van der Waals surface area contributed by atoms with Crippen LogP contribution in [0.2, 0.25) is 0 Å². The van der Waals surface area contributed by atoms with Crippen LogP contribution in [-0.2, 0) is 10.0 Å². The van der Waals surface area contributed by atoms with Crippen molar-refractivity contribution in [1.82, 2.24) is 43.8 Å². The summed E-state index contributed by atoms with van der Waals surface area (Å²) in [4.78, 5) is 56.9. The molecule has 4 aromatic rings. The smallest absolute Gasteiger partial charge is 0.259 e. The van der Waals surface area contributed by atoms with Gasteiger partial charge in [-0.05, 0) is 94.6 Å². The van der Waals surface area contributed by atoms with Crippen molar-refractivity contribution in [3.8, 4) is 6.07 Å². The molecular formula is C46H62N12O4S. The molecule has 0 bridgehead atoms. The molecule has 16 nitrogen and oxygen atoms in total. The molecule has 0 spiro atoms. The summed E-state index contributed by atoms with van der Waals surface area (Å²) in [7, 11) is -1.83. The van der Waals surface area contributed by atoms with Crippen molar-refractivity contribution >= 4 is 55.3 Å². The molecule has 2 amide bonds. The van der Waals surface area contributed by atoms with Gasteiger partial charge in [-0.15, -0.1) is 0 Å². The van der Waals surface area contributed by atoms with Crippen LogP contribution in [0.5, 0.6) is 0 Å². The third kappa shape index (κ3) is 8.17. The predicted molar refractivity (Wildman–Crippen MR) is 243 cm³/mol. The van der Waals surface area contributed by atoms with E-state index in [1.807, 2.05) is 41.2 Å². The number of aromatic amines is 2. The Bertz CT molecular complexity index is 2480. The topological polar surface area (TPSA) is 172 Å². The Morgan fingerprint density at radius 1 is 0.778 bits per heavy atom. The largest absolute Gasteiger partial charge is 0.349 e. The van der Waals surface area contributed by atoms with Crippen molar-refractivity contribution in [2.24, 2.45) is 17.8 Å². The van der Waals surface area contributed by atoms with E-state index in [0.29, 0.717) is 56.3 Å². The molecule has 7 heterocycles. The number of piperazine rings is 1. The fourth-order valence-corrected chi connectivity index (χ4v) is 13.3. The van der Waals surface area contributed by atoms with Gasteiger partial charge < -0.3 is 34.5 Å². The van der Waals surface area contributed by atoms with Crippen LogP contribution >= 0.6 is 0 Å². The Morgan fingerprint density at radius 3 is 1.95 bits per heavy atom.